The van der Waals surface area contributed by atoms with Crippen LogP contribution in [0, 0.1) is 5.92 Å². The molecule has 2 rings (SSSR count). The summed E-state index contributed by atoms with van der Waals surface area (Å²) in [5, 5.41) is 10.0. The molecule has 17 heavy (non-hydrogen) atoms. The molecule has 0 aromatic rings. The van der Waals surface area contributed by atoms with Crippen molar-refractivity contribution in [1.29, 1.82) is 0 Å². The summed E-state index contributed by atoms with van der Waals surface area (Å²) in [4.78, 5) is 16.6. The molecule has 0 saturated carbocycles. The van der Waals surface area contributed by atoms with Crippen LogP contribution in [0.25, 0.3) is 0 Å². The van der Waals surface area contributed by atoms with Crippen LogP contribution in [0.15, 0.2) is 0 Å². The zero-order valence-electron chi connectivity index (χ0n) is 11.1. The van der Waals surface area contributed by atoms with Crippen molar-refractivity contribution in [1.82, 2.24) is 9.80 Å². The molecular formula is C13H24N2O2. The maximum atomic E-state index is 12.5. The summed E-state index contributed by atoms with van der Waals surface area (Å²) in [5.74, 6) is 0.364. The van der Waals surface area contributed by atoms with Crippen LogP contribution in [0.1, 0.15) is 33.1 Å². The summed E-state index contributed by atoms with van der Waals surface area (Å²) in [6, 6.07) is 0. The molecule has 1 N–H and O–H groups in total. The zero-order valence-corrected chi connectivity index (χ0v) is 11.1. The van der Waals surface area contributed by atoms with Crippen LogP contribution in [0.4, 0.5) is 0 Å². The average molecular weight is 240 g/mol. The van der Waals surface area contributed by atoms with Gasteiger partial charge in [0.05, 0.1) is 17.6 Å². The van der Waals surface area contributed by atoms with Gasteiger partial charge in [-0.1, -0.05) is 0 Å². The van der Waals surface area contributed by atoms with E-state index in [1.165, 1.54) is 0 Å². The van der Waals surface area contributed by atoms with Gasteiger partial charge in [-0.05, 0) is 46.7 Å². The lowest BCUT2D eigenvalue weighted by Gasteiger charge is -2.46. The highest BCUT2D eigenvalue weighted by Crippen LogP contribution is 2.30. The Labute approximate surface area is 104 Å². The van der Waals surface area contributed by atoms with Crippen molar-refractivity contribution >= 4 is 5.91 Å². The first kappa shape index (κ1) is 12.8. The predicted molar refractivity (Wildman–Crippen MR) is 66.6 cm³/mol. The molecular weight excluding hydrogens is 216 g/mol. The fourth-order valence-electron chi connectivity index (χ4n) is 3.02. The Morgan fingerprint density at radius 2 is 2.00 bits per heavy atom. The summed E-state index contributed by atoms with van der Waals surface area (Å²) in [6.07, 6.45) is 2.29. The van der Waals surface area contributed by atoms with Gasteiger partial charge in [0.15, 0.2) is 0 Å². The van der Waals surface area contributed by atoms with Gasteiger partial charge in [-0.25, -0.2) is 0 Å². The molecule has 1 amide bonds. The first-order valence-corrected chi connectivity index (χ1v) is 6.61. The Balaban J connectivity index is 2.08. The Morgan fingerprint density at radius 3 is 2.59 bits per heavy atom. The molecule has 2 heterocycles. The van der Waals surface area contributed by atoms with Gasteiger partial charge < -0.3 is 14.9 Å². The van der Waals surface area contributed by atoms with Crippen molar-refractivity contribution in [2.75, 3.05) is 26.7 Å². The van der Waals surface area contributed by atoms with E-state index >= 15 is 0 Å². The molecule has 2 aliphatic heterocycles. The summed E-state index contributed by atoms with van der Waals surface area (Å²) < 4.78 is 0. The first-order valence-electron chi connectivity index (χ1n) is 6.61. The van der Waals surface area contributed by atoms with Crippen molar-refractivity contribution in [3.63, 3.8) is 0 Å². The monoisotopic (exact) mass is 240 g/mol. The third kappa shape index (κ3) is 2.33. The number of hydrogen-bond donors (Lipinski definition) is 1. The van der Waals surface area contributed by atoms with Crippen LogP contribution >= 0.6 is 0 Å². The van der Waals surface area contributed by atoms with Crippen molar-refractivity contribution in [2.45, 2.75) is 44.8 Å². The SMILES string of the molecule is CN1CCC(C(=O)N2CCCC(O)C2(C)C)C1. The van der Waals surface area contributed by atoms with E-state index in [2.05, 4.69) is 11.9 Å². The summed E-state index contributed by atoms with van der Waals surface area (Å²) in [7, 11) is 2.06. The van der Waals surface area contributed by atoms with E-state index in [-0.39, 0.29) is 17.9 Å². The van der Waals surface area contributed by atoms with Gasteiger partial charge in [0.25, 0.3) is 0 Å². The number of aliphatic hydroxyl groups excluding tert-OH is 1. The standard InChI is InChI=1S/C13H24N2O2/c1-13(2)11(16)5-4-7-15(13)12(17)10-6-8-14(3)9-10/h10-11,16H,4-9H2,1-3H3. The topological polar surface area (TPSA) is 43.8 Å². The van der Waals surface area contributed by atoms with Gasteiger partial charge in [-0.15, -0.1) is 0 Å². The Kier molecular flexibility index (Phi) is 3.46. The van der Waals surface area contributed by atoms with Gasteiger partial charge >= 0.3 is 0 Å². The van der Waals surface area contributed by atoms with E-state index in [1.807, 2.05) is 18.7 Å². The van der Waals surface area contributed by atoms with Crippen LogP contribution in [0.3, 0.4) is 0 Å². The highest BCUT2D eigenvalue weighted by molar-refractivity contribution is 5.80. The lowest BCUT2D eigenvalue weighted by Crippen LogP contribution is -2.59. The number of piperidine rings is 1. The minimum atomic E-state index is -0.406. The second-order valence-corrected chi connectivity index (χ2v) is 6.05. The van der Waals surface area contributed by atoms with Crippen LogP contribution in [0.2, 0.25) is 0 Å². The minimum Gasteiger partial charge on any atom is -0.391 e. The molecule has 2 fully saturated rings. The third-order valence-electron chi connectivity index (χ3n) is 4.38. The molecule has 0 bridgehead atoms. The summed E-state index contributed by atoms with van der Waals surface area (Å²) >= 11 is 0. The third-order valence-corrected chi connectivity index (χ3v) is 4.38. The van der Waals surface area contributed by atoms with E-state index in [1.54, 1.807) is 0 Å². The average Bonchev–Trinajstić information content (AvgIpc) is 2.68. The van der Waals surface area contributed by atoms with Gasteiger partial charge in [0.1, 0.15) is 0 Å². The van der Waals surface area contributed by atoms with Gasteiger partial charge in [-0.3, -0.25) is 4.79 Å². The molecule has 0 aromatic heterocycles. The first-order chi connectivity index (χ1) is 7.93. The van der Waals surface area contributed by atoms with Crippen LogP contribution in [-0.2, 0) is 4.79 Å². The lowest BCUT2D eigenvalue weighted by atomic mass is 9.86. The van der Waals surface area contributed by atoms with Gasteiger partial charge in [0.2, 0.25) is 5.91 Å². The number of likely N-dealkylation sites (tertiary alicyclic amines) is 2. The molecule has 2 unspecified atom stereocenters. The number of aliphatic hydroxyl groups is 1. The number of rotatable bonds is 1. The van der Waals surface area contributed by atoms with Crippen LogP contribution in [0.5, 0.6) is 0 Å². The van der Waals surface area contributed by atoms with E-state index in [4.69, 9.17) is 0 Å². The number of nitrogens with zero attached hydrogens (tertiary/aromatic N) is 2. The van der Waals surface area contributed by atoms with Crippen LogP contribution in [-0.4, -0.2) is 59.1 Å². The second kappa shape index (κ2) is 4.58. The quantitative estimate of drug-likeness (QED) is 0.734. The molecule has 0 aromatic carbocycles. The molecule has 4 heteroatoms. The van der Waals surface area contributed by atoms with E-state index in [0.29, 0.717) is 0 Å². The Bertz CT molecular complexity index is 304. The highest BCUT2D eigenvalue weighted by Gasteiger charge is 2.42. The molecule has 2 saturated heterocycles. The predicted octanol–water partition coefficient (Wildman–Crippen LogP) is 0.700. The number of carbonyl (C=O) groups is 1. The van der Waals surface area contributed by atoms with Crippen LogP contribution < -0.4 is 0 Å². The largest absolute Gasteiger partial charge is 0.391 e. The maximum Gasteiger partial charge on any atom is 0.227 e. The fraction of sp³-hybridized carbons (Fsp3) is 0.923. The lowest BCUT2D eigenvalue weighted by molar-refractivity contribution is -0.149. The normalized spacial score (nSPS) is 34.0. The Hall–Kier alpha value is -0.610. The van der Waals surface area contributed by atoms with Crippen molar-refractivity contribution < 1.29 is 9.90 Å². The molecule has 0 spiro atoms. The number of carbonyl (C=O) groups excluding carboxylic acids is 1. The fourth-order valence-corrected chi connectivity index (χ4v) is 3.02. The molecule has 0 aliphatic carbocycles. The number of hydrogen-bond acceptors (Lipinski definition) is 3. The Morgan fingerprint density at radius 1 is 1.29 bits per heavy atom. The number of amides is 1. The van der Waals surface area contributed by atoms with E-state index in [9.17, 15) is 9.90 Å². The zero-order chi connectivity index (χ0) is 12.6. The van der Waals surface area contributed by atoms with Crippen molar-refractivity contribution in [3.8, 4) is 0 Å². The van der Waals surface area contributed by atoms with E-state index in [0.717, 1.165) is 38.9 Å². The molecule has 0 radical (unpaired) electrons. The minimum absolute atomic E-state index is 0.129. The maximum absolute atomic E-state index is 12.5. The second-order valence-electron chi connectivity index (χ2n) is 6.05. The molecule has 2 aliphatic rings. The van der Waals surface area contributed by atoms with E-state index < -0.39 is 5.54 Å². The van der Waals surface area contributed by atoms with Crippen molar-refractivity contribution in [3.05, 3.63) is 0 Å². The molecule has 2 atom stereocenters. The van der Waals surface area contributed by atoms with Gasteiger partial charge in [0, 0.05) is 13.1 Å². The smallest absolute Gasteiger partial charge is 0.227 e. The summed E-state index contributed by atoms with van der Waals surface area (Å²) in [5.41, 5.74) is -0.406. The molecule has 98 valence electrons. The highest BCUT2D eigenvalue weighted by atomic mass is 16.3. The van der Waals surface area contributed by atoms with Gasteiger partial charge in [-0.2, -0.15) is 0 Å². The molecule has 4 nitrogen and oxygen atoms in total. The summed E-state index contributed by atoms with van der Waals surface area (Å²) in [6.45, 7) is 6.62. The van der Waals surface area contributed by atoms with Crippen molar-refractivity contribution in [2.24, 2.45) is 5.92 Å².